The smallest absolute Gasteiger partial charge is 0.425 e. The number of rotatable bonds is 2. The van der Waals surface area contributed by atoms with Crippen molar-refractivity contribution in [2.75, 3.05) is 10.6 Å². The molecule has 0 saturated carbocycles. The molecule has 0 bridgehead atoms. The molecule has 0 aliphatic heterocycles. The standard InChI is InChI=1S/C18H24N6O4/c1-17(2,3)27-15(25)24(16(26)28-18(4,5)6)13-7-12(21-10-22-13)14-11(19)8-20-9-23-14/h7-10H,19H2,1-6H3. The molecule has 150 valence electrons. The molecule has 0 aliphatic carbocycles. The van der Waals surface area contributed by atoms with E-state index < -0.39 is 23.4 Å². The summed E-state index contributed by atoms with van der Waals surface area (Å²) in [6.45, 7) is 10.1. The highest BCUT2D eigenvalue weighted by Gasteiger charge is 2.34. The monoisotopic (exact) mass is 388 g/mol. The third-order valence-corrected chi connectivity index (χ3v) is 3.02. The average molecular weight is 388 g/mol. The van der Waals surface area contributed by atoms with E-state index in [2.05, 4.69) is 19.9 Å². The lowest BCUT2D eigenvalue weighted by atomic mass is 10.2. The second-order valence-corrected chi connectivity index (χ2v) is 7.88. The molecule has 2 amide bonds. The number of carbonyl (C=O) groups excluding carboxylic acids is 2. The minimum absolute atomic E-state index is 0.0356. The Hall–Kier alpha value is -3.30. The number of ether oxygens (including phenoxy) is 2. The van der Waals surface area contributed by atoms with Gasteiger partial charge in [0.1, 0.15) is 29.6 Å². The number of nitrogen functional groups attached to an aromatic ring is 1. The van der Waals surface area contributed by atoms with Gasteiger partial charge in [-0.05, 0) is 41.5 Å². The van der Waals surface area contributed by atoms with E-state index in [-0.39, 0.29) is 11.5 Å². The van der Waals surface area contributed by atoms with Crippen molar-refractivity contribution in [3.8, 4) is 11.4 Å². The quantitative estimate of drug-likeness (QED) is 0.823. The van der Waals surface area contributed by atoms with Crippen molar-refractivity contribution in [1.29, 1.82) is 0 Å². The predicted molar refractivity (Wildman–Crippen MR) is 102 cm³/mol. The van der Waals surface area contributed by atoms with Crippen LogP contribution in [0.3, 0.4) is 0 Å². The summed E-state index contributed by atoms with van der Waals surface area (Å²) in [5.41, 5.74) is 5.16. The molecule has 10 heteroatoms. The van der Waals surface area contributed by atoms with Crippen LogP contribution in [-0.2, 0) is 9.47 Å². The predicted octanol–water partition coefficient (Wildman–Crippen LogP) is 3.19. The van der Waals surface area contributed by atoms with Crippen LogP contribution in [0.2, 0.25) is 0 Å². The SMILES string of the molecule is CC(C)(C)OC(=O)N(C(=O)OC(C)(C)C)c1cc(-c2ncncc2N)ncn1. The molecule has 0 aliphatic rings. The van der Waals surface area contributed by atoms with Gasteiger partial charge in [0.25, 0.3) is 0 Å². The van der Waals surface area contributed by atoms with E-state index in [4.69, 9.17) is 15.2 Å². The Morgan fingerprint density at radius 3 is 2.00 bits per heavy atom. The molecular formula is C18H24N6O4. The summed E-state index contributed by atoms with van der Waals surface area (Å²) in [6.07, 6.45) is 2.06. The van der Waals surface area contributed by atoms with Crippen molar-refractivity contribution in [1.82, 2.24) is 19.9 Å². The maximum Gasteiger partial charge on any atom is 0.425 e. The minimum atomic E-state index is -0.929. The lowest BCUT2D eigenvalue weighted by molar-refractivity contribution is 0.0429. The number of carbonyl (C=O) groups is 2. The molecule has 0 aromatic carbocycles. The van der Waals surface area contributed by atoms with Crippen LogP contribution in [0.5, 0.6) is 0 Å². The molecule has 0 spiro atoms. The molecule has 28 heavy (non-hydrogen) atoms. The maximum atomic E-state index is 12.7. The van der Waals surface area contributed by atoms with Crippen molar-refractivity contribution < 1.29 is 19.1 Å². The van der Waals surface area contributed by atoms with Gasteiger partial charge in [-0.2, -0.15) is 4.90 Å². The van der Waals surface area contributed by atoms with Crippen LogP contribution in [0.15, 0.2) is 24.9 Å². The zero-order valence-corrected chi connectivity index (χ0v) is 16.8. The van der Waals surface area contributed by atoms with Gasteiger partial charge in [0, 0.05) is 6.07 Å². The number of hydrogen-bond acceptors (Lipinski definition) is 9. The fraction of sp³-hybridized carbons (Fsp3) is 0.444. The second kappa shape index (κ2) is 7.75. The van der Waals surface area contributed by atoms with E-state index >= 15 is 0 Å². The molecular weight excluding hydrogens is 364 g/mol. The van der Waals surface area contributed by atoms with Crippen LogP contribution in [0, 0.1) is 0 Å². The first-order chi connectivity index (χ1) is 12.9. The number of aromatic nitrogens is 4. The van der Waals surface area contributed by atoms with E-state index in [9.17, 15) is 9.59 Å². The topological polar surface area (TPSA) is 133 Å². The summed E-state index contributed by atoms with van der Waals surface area (Å²) in [4.78, 5) is 42.1. The van der Waals surface area contributed by atoms with Crippen LogP contribution in [-0.4, -0.2) is 43.3 Å². The van der Waals surface area contributed by atoms with E-state index in [0.29, 0.717) is 16.3 Å². The largest absolute Gasteiger partial charge is 0.443 e. The number of anilines is 2. The Morgan fingerprint density at radius 1 is 0.929 bits per heavy atom. The minimum Gasteiger partial charge on any atom is -0.443 e. The summed E-state index contributed by atoms with van der Waals surface area (Å²) < 4.78 is 10.7. The summed E-state index contributed by atoms with van der Waals surface area (Å²) >= 11 is 0. The zero-order valence-electron chi connectivity index (χ0n) is 16.8. The van der Waals surface area contributed by atoms with Gasteiger partial charge >= 0.3 is 12.2 Å². The Kier molecular flexibility index (Phi) is 5.81. The van der Waals surface area contributed by atoms with Crippen molar-refractivity contribution in [2.24, 2.45) is 0 Å². The van der Waals surface area contributed by atoms with E-state index in [0.717, 1.165) is 0 Å². The van der Waals surface area contributed by atoms with Gasteiger partial charge in [-0.15, -0.1) is 0 Å². The normalized spacial score (nSPS) is 11.6. The third-order valence-electron chi connectivity index (χ3n) is 3.02. The lowest BCUT2D eigenvalue weighted by Crippen LogP contribution is -2.44. The number of imide groups is 1. The van der Waals surface area contributed by atoms with Crippen LogP contribution in [0.4, 0.5) is 21.1 Å². The molecule has 2 heterocycles. The number of hydrogen-bond donors (Lipinski definition) is 1. The van der Waals surface area contributed by atoms with Gasteiger partial charge in [-0.25, -0.2) is 29.5 Å². The van der Waals surface area contributed by atoms with E-state index in [1.54, 1.807) is 41.5 Å². The molecule has 2 N–H and O–H groups in total. The Bertz CT molecular complexity index is 845. The number of nitrogens with zero attached hydrogens (tertiary/aromatic N) is 5. The first-order valence-electron chi connectivity index (χ1n) is 8.51. The first-order valence-corrected chi connectivity index (χ1v) is 8.51. The highest BCUT2D eigenvalue weighted by Crippen LogP contribution is 2.25. The Balaban J connectivity index is 2.48. The van der Waals surface area contributed by atoms with Gasteiger partial charge < -0.3 is 15.2 Å². The van der Waals surface area contributed by atoms with Crippen LogP contribution in [0.25, 0.3) is 11.4 Å². The van der Waals surface area contributed by atoms with E-state index in [1.807, 2.05) is 0 Å². The average Bonchev–Trinajstić information content (AvgIpc) is 2.52. The van der Waals surface area contributed by atoms with Gasteiger partial charge in [-0.1, -0.05) is 0 Å². The summed E-state index contributed by atoms with van der Waals surface area (Å²) in [7, 11) is 0. The van der Waals surface area contributed by atoms with Gasteiger partial charge in [0.2, 0.25) is 0 Å². The highest BCUT2D eigenvalue weighted by atomic mass is 16.6. The van der Waals surface area contributed by atoms with Gasteiger partial charge in [0.05, 0.1) is 17.6 Å². The third kappa shape index (κ3) is 5.60. The van der Waals surface area contributed by atoms with Crippen LogP contribution < -0.4 is 10.6 Å². The molecule has 0 saturated heterocycles. The maximum absolute atomic E-state index is 12.7. The number of amides is 2. The Morgan fingerprint density at radius 2 is 1.50 bits per heavy atom. The molecule has 2 aromatic heterocycles. The molecule has 10 nitrogen and oxygen atoms in total. The van der Waals surface area contributed by atoms with Crippen molar-refractivity contribution in [3.63, 3.8) is 0 Å². The molecule has 0 fully saturated rings. The van der Waals surface area contributed by atoms with Gasteiger partial charge in [-0.3, -0.25) is 0 Å². The second-order valence-electron chi connectivity index (χ2n) is 7.88. The van der Waals surface area contributed by atoms with Crippen LogP contribution in [0.1, 0.15) is 41.5 Å². The van der Waals surface area contributed by atoms with E-state index in [1.165, 1.54) is 24.9 Å². The van der Waals surface area contributed by atoms with Gasteiger partial charge in [0.15, 0.2) is 5.82 Å². The molecule has 2 aromatic rings. The molecule has 0 radical (unpaired) electrons. The summed E-state index contributed by atoms with van der Waals surface area (Å²) in [6, 6.07) is 1.40. The molecule has 0 atom stereocenters. The van der Waals surface area contributed by atoms with Crippen molar-refractivity contribution in [2.45, 2.75) is 52.7 Å². The zero-order chi connectivity index (χ0) is 21.1. The Labute approximate surface area is 163 Å². The number of nitrogens with two attached hydrogens (primary N) is 1. The van der Waals surface area contributed by atoms with Crippen molar-refractivity contribution in [3.05, 3.63) is 24.9 Å². The first kappa shape index (κ1) is 21.0. The summed E-state index contributed by atoms with van der Waals surface area (Å²) in [5.74, 6) is -0.0356. The lowest BCUT2D eigenvalue weighted by Gasteiger charge is -2.28. The summed E-state index contributed by atoms with van der Waals surface area (Å²) in [5, 5.41) is 0. The van der Waals surface area contributed by atoms with Crippen LogP contribution >= 0.6 is 0 Å². The molecule has 2 rings (SSSR count). The fourth-order valence-electron chi connectivity index (χ4n) is 2.03. The highest BCUT2D eigenvalue weighted by molar-refractivity contribution is 6.09. The fourth-order valence-corrected chi connectivity index (χ4v) is 2.03. The molecule has 0 unspecified atom stereocenters. The van der Waals surface area contributed by atoms with Crippen molar-refractivity contribution >= 4 is 23.7 Å².